The van der Waals surface area contributed by atoms with Crippen LogP contribution < -0.4 is 11.3 Å². The first-order valence-electron chi connectivity index (χ1n) is 5.13. The predicted molar refractivity (Wildman–Crippen MR) is 67.9 cm³/mol. The van der Waals surface area contributed by atoms with Gasteiger partial charge in [-0.3, -0.25) is 9.78 Å². The fraction of sp³-hybridized carbons (Fsp3) is 0.182. The highest BCUT2D eigenvalue weighted by Crippen LogP contribution is 2.13. The molecule has 0 saturated heterocycles. The summed E-state index contributed by atoms with van der Waals surface area (Å²) in [6.07, 6.45) is 2.59. The Bertz CT molecular complexity index is 541. The highest BCUT2D eigenvalue weighted by Gasteiger charge is 2.00. The Morgan fingerprint density at radius 3 is 3.00 bits per heavy atom. The van der Waals surface area contributed by atoms with Crippen molar-refractivity contribution >= 4 is 17.6 Å². The van der Waals surface area contributed by atoms with Gasteiger partial charge in [-0.25, -0.2) is 4.98 Å². The zero-order valence-electron chi connectivity index (χ0n) is 9.09. The maximum Gasteiger partial charge on any atom is 0.253 e. The number of aryl methyl sites for hydroxylation is 1. The fourth-order valence-electron chi connectivity index (χ4n) is 1.32. The molecule has 0 atom stereocenters. The van der Waals surface area contributed by atoms with Crippen molar-refractivity contribution < 1.29 is 0 Å². The molecule has 6 heteroatoms. The molecule has 2 aromatic heterocycles. The van der Waals surface area contributed by atoms with Crippen LogP contribution in [0.3, 0.4) is 0 Å². The normalized spacial score (nSPS) is 10.4. The first-order chi connectivity index (χ1) is 8.24. The highest BCUT2D eigenvalue weighted by atomic mass is 32.2. The number of hydrogen-bond acceptors (Lipinski definition) is 5. The molecule has 0 bridgehead atoms. The van der Waals surface area contributed by atoms with Crippen molar-refractivity contribution in [3.63, 3.8) is 0 Å². The highest BCUT2D eigenvalue weighted by molar-refractivity contribution is 7.99. The third-order valence-corrected chi connectivity index (χ3v) is 2.94. The summed E-state index contributed by atoms with van der Waals surface area (Å²) in [5.74, 6) is 1.04. The minimum absolute atomic E-state index is 0.224. The van der Waals surface area contributed by atoms with Crippen LogP contribution in [-0.2, 0) is 6.42 Å². The molecule has 0 unspecified atom stereocenters. The zero-order valence-corrected chi connectivity index (χ0v) is 9.91. The quantitative estimate of drug-likeness (QED) is 0.624. The molecule has 0 aliphatic rings. The van der Waals surface area contributed by atoms with E-state index in [9.17, 15) is 4.79 Å². The molecule has 2 heterocycles. The van der Waals surface area contributed by atoms with Gasteiger partial charge >= 0.3 is 0 Å². The van der Waals surface area contributed by atoms with E-state index in [4.69, 9.17) is 5.73 Å². The largest absolute Gasteiger partial charge is 0.383 e. The maximum absolute atomic E-state index is 11.1. The third-order valence-electron chi connectivity index (χ3n) is 2.06. The molecule has 0 spiro atoms. The number of nitrogen functional groups attached to an aromatic ring is 1. The molecular weight excluding hydrogens is 236 g/mol. The van der Waals surface area contributed by atoms with Crippen molar-refractivity contribution in [1.29, 1.82) is 0 Å². The average Bonchev–Trinajstić information content (AvgIpc) is 2.29. The number of nitrogens with zero attached hydrogens (tertiary/aromatic N) is 2. The molecule has 0 saturated carbocycles. The van der Waals surface area contributed by atoms with E-state index < -0.39 is 0 Å². The monoisotopic (exact) mass is 248 g/mol. The Morgan fingerprint density at radius 1 is 1.41 bits per heavy atom. The van der Waals surface area contributed by atoms with Crippen LogP contribution >= 0.6 is 11.8 Å². The van der Waals surface area contributed by atoms with Crippen LogP contribution in [-0.4, -0.2) is 20.7 Å². The van der Waals surface area contributed by atoms with Gasteiger partial charge in [0.25, 0.3) is 5.56 Å². The predicted octanol–water partition coefficient (Wildman–Crippen LogP) is 1.08. The van der Waals surface area contributed by atoms with Crippen molar-refractivity contribution in [2.75, 3.05) is 11.5 Å². The molecule has 3 N–H and O–H groups in total. The van der Waals surface area contributed by atoms with Crippen LogP contribution in [0.1, 0.15) is 5.69 Å². The SMILES string of the molecule is Nc1cc(=O)[nH]c(SCCc2ccccn2)n1. The van der Waals surface area contributed by atoms with Gasteiger partial charge in [0.15, 0.2) is 5.16 Å². The smallest absolute Gasteiger partial charge is 0.253 e. The molecule has 0 fully saturated rings. The summed E-state index contributed by atoms with van der Waals surface area (Å²) in [6, 6.07) is 7.07. The van der Waals surface area contributed by atoms with Crippen molar-refractivity contribution in [1.82, 2.24) is 15.0 Å². The summed E-state index contributed by atoms with van der Waals surface area (Å²) in [5.41, 5.74) is 6.28. The molecule has 5 nitrogen and oxygen atoms in total. The van der Waals surface area contributed by atoms with Crippen LogP contribution in [0.15, 0.2) is 40.4 Å². The van der Waals surface area contributed by atoms with E-state index >= 15 is 0 Å². The second kappa shape index (κ2) is 5.49. The molecule has 88 valence electrons. The molecule has 2 aromatic rings. The molecular formula is C11H12N4OS. The van der Waals surface area contributed by atoms with Gasteiger partial charge in [-0.2, -0.15) is 0 Å². The van der Waals surface area contributed by atoms with E-state index in [0.717, 1.165) is 17.9 Å². The Kier molecular flexibility index (Phi) is 3.77. The molecule has 0 aliphatic carbocycles. The number of thioether (sulfide) groups is 1. The molecule has 2 rings (SSSR count). The van der Waals surface area contributed by atoms with E-state index in [1.807, 2.05) is 18.2 Å². The van der Waals surface area contributed by atoms with Crippen molar-refractivity contribution in [3.8, 4) is 0 Å². The summed E-state index contributed by atoms with van der Waals surface area (Å²) >= 11 is 1.46. The number of nitrogens with one attached hydrogen (secondary N) is 1. The first-order valence-corrected chi connectivity index (χ1v) is 6.12. The molecule has 0 aliphatic heterocycles. The second-order valence-electron chi connectivity index (χ2n) is 3.39. The van der Waals surface area contributed by atoms with Crippen LogP contribution in [0.4, 0.5) is 5.82 Å². The summed E-state index contributed by atoms with van der Waals surface area (Å²) in [5, 5.41) is 0.547. The van der Waals surface area contributed by atoms with Crippen molar-refractivity contribution in [2.24, 2.45) is 0 Å². The third kappa shape index (κ3) is 3.60. The van der Waals surface area contributed by atoms with Gasteiger partial charge in [0.05, 0.1) is 0 Å². The van der Waals surface area contributed by atoms with Gasteiger partial charge in [0.2, 0.25) is 0 Å². The van der Waals surface area contributed by atoms with Crippen LogP contribution in [0.25, 0.3) is 0 Å². The van der Waals surface area contributed by atoms with E-state index in [1.165, 1.54) is 17.8 Å². The lowest BCUT2D eigenvalue weighted by atomic mass is 10.3. The number of hydrogen-bond donors (Lipinski definition) is 2. The van der Waals surface area contributed by atoms with Crippen LogP contribution in [0, 0.1) is 0 Å². The minimum atomic E-state index is -0.224. The number of anilines is 1. The lowest BCUT2D eigenvalue weighted by molar-refractivity contribution is 0.940. The maximum atomic E-state index is 11.1. The number of rotatable bonds is 4. The van der Waals surface area contributed by atoms with Gasteiger partial charge in [-0.1, -0.05) is 17.8 Å². The standard InChI is InChI=1S/C11H12N4OS/c12-9-7-10(16)15-11(14-9)17-6-4-8-3-1-2-5-13-8/h1-3,5,7H,4,6H2,(H3,12,14,15,16). The van der Waals surface area contributed by atoms with E-state index in [1.54, 1.807) is 6.20 Å². The summed E-state index contributed by atoms with van der Waals surface area (Å²) in [6.45, 7) is 0. The van der Waals surface area contributed by atoms with Crippen molar-refractivity contribution in [2.45, 2.75) is 11.6 Å². The lowest BCUT2D eigenvalue weighted by Crippen LogP contribution is -2.09. The number of pyridine rings is 1. The van der Waals surface area contributed by atoms with Gasteiger partial charge in [-0.05, 0) is 18.6 Å². The Hall–Kier alpha value is -1.82. The number of H-pyrrole nitrogens is 1. The van der Waals surface area contributed by atoms with Gasteiger partial charge in [-0.15, -0.1) is 0 Å². The molecule has 0 aromatic carbocycles. The minimum Gasteiger partial charge on any atom is -0.383 e. The number of nitrogens with two attached hydrogens (primary N) is 1. The lowest BCUT2D eigenvalue weighted by Gasteiger charge is -2.01. The number of aromatic amines is 1. The first kappa shape index (κ1) is 11.7. The Labute approximate surface area is 103 Å². The van der Waals surface area contributed by atoms with E-state index in [-0.39, 0.29) is 11.4 Å². The Morgan fingerprint density at radius 2 is 2.29 bits per heavy atom. The van der Waals surface area contributed by atoms with Crippen LogP contribution in [0.5, 0.6) is 0 Å². The van der Waals surface area contributed by atoms with Gasteiger partial charge < -0.3 is 10.7 Å². The number of aromatic nitrogens is 3. The molecule has 0 amide bonds. The summed E-state index contributed by atoms with van der Waals surface area (Å²) in [7, 11) is 0. The second-order valence-corrected chi connectivity index (χ2v) is 4.48. The van der Waals surface area contributed by atoms with E-state index in [2.05, 4.69) is 15.0 Å². The van der Waals surface area contributed by atoms with Crippen LogP contribution in [0.2, 0.25) is 0 Å². The van der Waals surface area contributed by atoms with Gasteiger partial charge in [0, 0.05) is 23.7 Å². The Balaban J connectivity index is 1.92. The average molecular weight is 248 g/mol. The van der Waals surface area contributed by atoms with Crippen molar-refractivity contribution in [3.05, 3.63) is 46.5 Å². The van der Waals surface area contributed by atoms with E-state index in [0.29, 0.717) is 5.16 Å². The van der Waals surface area contributed by atoms with Gasteiger partial charge in [0.1, 0.15) is 5.82 Å². The summed E-state index contributed by atoms with van der Waals surface area (Å²) < 4.78 is 0. The fourth-order valence-corrected chi connectivity index (χ4v) is 2.17. The zero-order chi connectivity index (χ0) is 12.1. The topological polar surface area (TPSA) is 84.7 Å². The molecule has 0 radical (unpaired) electrons. The molecule has 17 heavy (non-hydrogen) atoms. The summed E-state index contributed by atoms with van der Waals surface area (Å²) in [4.78, 5) is 22.0.